The van der Waals surface area contributed by atoms with Gasteiger partial charge in [-0.2, -0.15) is 4.31 Å². The SMILES string of the molecule is Cc1ccc(OC(=O)C2CCN(S(=O)(=O)c3cccs3)CC2)cc1C. The Balaban J connectivity index is 1.60. The highest BCUT2D eigenvalue weighted by Gasteiger charge is 2.33. The average molecular weight is 380 g/mol. The number of aryl methyl sites for hydroxylation is 2. The number of benzene rings is 1. The number of carbonyl (C=O) groups excluding carboxylic acids is 1. The first kappa shape index (κ1) is 18.1. The number of thiophene rings is 1. The maximum absolute atomic E-state index is 12.5. The zero-order valence-electron chi connectivity index (χ0n) is 14.3. The molecule has 0 unspecified atom stereocenters. The number of nitrogens with zero attached hydrogens (tertiary/aromatic N) is 1. The lowest BCUT2D eigenvalue weighted by Gasteiger charge is -2.29. The van der Waals surface area contributed by atoms with E-state index in [9.17, 15) is 13.2 Å². The highest BCUT2D eigenvalue weighted by Crippen LogP contribution is 2.27. The molecule has 0 radical (unpaired) electrons. The minimum atomic E-state index is -3.44. The van der Waals surface area contributed by atoms with Gasteiger partial charge in [-0.1, -0.05) is 12.1 Å². The number of rotatable bonds is 4. The molecule has 1 saturated heterocycles. The van der Waals surface area contributed by atoms with Crippen LogP contribution in [0.4, 0.5) is 0 Å². The van der Waals surface area contributed by atoms with Crippen molar-refractivity contribution in [1.29, 1.82) is 0 Å². The Morgan fingerprint density at radius 2 is 1.88 bits per heavy atom. The third-order valence-electron chi connectivity index (χ3n) is 4.57. The fourth-order valence-corrected chi connectivity index (χ4v) is 5.46. The van der Waals surface area contributed by atoms with Crippen LogP contribution in [0.15, 0.2) is 39.9 Å². The van der Waals surface area contributed by atoms with Crippen LogP contribution in [0, 0.1) is 19.8 Å². The molecule has 0 saturated carbocycles. The van der Waals surface area contributed by atoms with E-state index in [-0.39, 0.29) is 11.9 Å². The summed E-state index contributed by atoms with van der Waals surface area (Å²) in [5, 5.41) is 1.75. The largest absolute Gasteiger partial charge is 0.426 e. The summed E-state index contributed by atoms with van der Waals surface area (Å²) in [6, 6.07) is 8.90. The first-order chi connectivity index (χ1) is 11.9. The number of piperidine rings is 1. The quantitative estimate of drug-likeness (QED) is 0.603. The molecule has 1 aromatic heterocycles. The van der Waals surface area contributed by atoms with Crippen molar-refractivity contribution < 1.29 is 17.9 Å². The van der Waals surface area contributed by atoms with Gasteiger partial charge in [0.15, 0.2) is 0 Å². The number of ether oxygens (including phenoxy) is 1. The maximum atomic E-state index is 12.5. The molecule has 2 heterocycles. The number of sulfonamides is 1. The summed E-state index contributed by atoms with van der Waals surface area (Å²) in [4.78, 5) is 12.4. The van der Waals surface area contributed by atoms with Crippen LogP contribution in [-0.4, -0.2) is 31.8 Å². The second-order valence-corrected chi connectivity index (χ2v) is 9.39. The molecule has 0 bridgehead atoms. The van der Waals surface area contributed by atoms with E-state index in [2.05, 4.69) is 0 Å². The molecule has 0 amide bonds. The number of hydrogen-bond acceptors (Lipinski definition) is 5. The molecule has 1 fully saturated rings. The summed E-state index contributed by atoms with van der Waals surface area (Å²) >= 11 is 1.21. The van der Waals surface area contributed by atoms with Crippen LogP contribution in [0.3, 0.4) is 0 Å². The van der Waals surface area contributed by atoms with Gasteiger partial charge in [-0.3, -0.25) is 4.79 Å². The number of esters is 1. The van der Waals surface area contributed by atoms with E-state index < -0.39 is 10.0 Å². The maximum Gasteiger partial charge on any atom is 0.314 e. The third kappa shape index (κ3) is 3.94. The lowest BCUT2D eigenvalue weighted by Crippen LogP contribution is -2.40. The van der Waals surface area contributed by atoms with Crippen molar-refractivity contribution in [2.45, 2.75) is 30.9 Å². The van der Waals surface area contributed by atoms with Gasteiger partial charge in [0, 0.05) is 13.1 Å². The molecule has 3 rings (SSSR count). The first-order valence-corrected chi connectivity index (χ1v) is 10.5. The molecular weight excluding hydrogens is 358 g/mol. The van der Waals surface area contributed by atoms with Crippen LogP contribution in [-0.2, 0) is 14.8 Å². The predicted molar refractivity (Wildman–Crippen MR) is 97.4 cm³/mol. The Morgan fingerprint density at radius 3 is 2.48 bits per heavy atom. The summed E-state index contributed by atoms with van der Waals surface area (Å²) in [5.41, 5.74) is 2.22. The van der Waals surface area contributed by atoms with Gasteiger partial charge in [0.2, 0.25) is 0 Å². The van der Waals surface area contributed by atoms with E-state index in [0.717, 1.165) is 11.1 Å². The molecule has 0 atom stereocenters. The Bertz CT molecular complexity index is 851. The molecule has 7 heteroatoms. The molecule has 134 valence electrons. The summed E-state index contributed by atoms with van der Waals surface area (Å²) < 4.78 is 32.3. The van der Waals surface area contributed by atoms with Crippen LogP contribution < -0.4 is 4.74 Å². The van der Waals surface area contributed by atoms with E-state index in [1.807, 2.05) is 26.0 Å². The van der Waals surface area contributed by atoms with Crippen molar-refractivity contribution >= 4 is 27.3 Å². The van der Waals surface area contributed by atoms with Gasteiger partial charge < -0.3 is 4.74 Å². The van der Waals surface area contributed by atoms with Crippen LogP contribution in [0.5, 0.6) is 5.75 Å². The molecule has 5 nitrogen and oxygen atoms in total. The van der Waals surface area contributed by atoms with Gasteiger partial charge in [-0.15, -0.1) is 11.3 Å². The van der Waals surface area contributed by atoms with Crippen LogP contribution in [0.25, 0.3) is 0 Å². The van der Waals surface area contributed by atoms with E-state index in [1.165, 1.54) is 15.6 Å². The highest BCUT2D eigenvalue weighted by molar-refractivity contribution is 7.91. The van der Waals surface area contributed by atoms with Crippen molar-refractivity contribution in [3.63, 3.8) is 0 Å². The fourth-order valence-electron chi connectivity index (χ4n) is 2.85. The molecule has 1 aromatic carbocycles. The zero-order chi connectivity index (χ0) is 18.0. The first-order valence-electron chi connectivity index (χ1n) is 8.20. The van der Waals surface area contributed by atoms with Gasteiger partial charge in [-0.25, -0.2) is 8.42 Å². The molecular formula is C18H21NO4S2. The smallest absolute Gasteiger partial charge is 0.314 e. The fraction of sp³-hybridized carbons (Fsp3) is 0.389. The van der Waals surface area contributed by atoms with Gasteiger partial charge in [0.25, 0.3) is 10.0 Å². The minimum Gasteiger partial charge on any atom is -0.426 e. The summed E-state index contributed by atoms with van der Waals surface area (Å²) in [6.45, 7) is 4.66. The predicted octanol–water partition coefficient (Wildman–Crippen LogP) is 3.37. The van der Waals surface area contributed by atoms with E-state index in [0.29, 0.717) is 35.9 Å². The lowest BCUT2D eigenvalue weighted by atomic mass is 9.98. The van der Waals surface area contributed by atoms with E-state index in [4.69, 9.17) is 4.74 Å². The zero-order valence-corrected chi connectivity index (χ0v) is 15.9. The second kappa shape index (κ2) is 7.27. The van der Waals surface area contributed by atoms with Crippen molar-refractivity contribution in [2.24, 2.45) is 5.92 Å². The van der Waals surface area contributed by atoms with Crippen molar-refractivity contribution in [2.75, 3.05) is 13.1 Å². The second-order valence-electron chi connectivity index (χ2n) is 6.28. The normalized spacial score (nSPS) is 16.7. The van der Waals surface area contributed by atoms with Crippen LogP contribution in [0.2, 0.25) is 0 Å². The number of hydrogen-bond donors (Lipinski definition) is 0. The van der Waals surface area contributed by atoms with Crippen LogP contribution >= 0.6 is 11.3 Å². The Labute approximate surface area is 152 Å². The monoisotopic (exact) mass is 379 g/mol. The lowest BCUT2D eigenvalue weighted by molar-refractivity contribution is -0.140. The van der Waals surface area contributed by atoms with Gasteiger partial charge in [0.05, 0.1) is 5.92 Å². The Kier molecular flexibility index (Phi) is 5.27. The molecule has 0 spiro atoms. The highest BCUT2D eigenvalue weighted by atomic mass is 32.2. The minimum absolute atomic E-state index is 0.267. The molecule has 0 N–H and O–H groups in total. The molecule has 0 aliphatic carbocycles. The summed E-state index contributed by atoms with van der Waals surface area (Å²) in [5.74, 6) is -0.00504. The third-order valence-corrected chi connectivity index (χ3v) is 7.84. The van der Waals surface area contributed by atoms with Gasteiger partial charge in [-0.05, 0) is 61.4 Å². The molecule has 25 heavy (non-hydrogen) atoms. The van der Waals surface area contributed by atoms with Crippen molar-refractivity contribution in [3.05, 3.63) is 46.8 Å². The summed E-state index contributed by atoms with van der Waals surface area (Å²) in [7, 11) is -3.44. The van der Waals surface area contributed by atoms with E-state index >= 15 is 0 Å². The van der Waals surface area contributed by atoms with E-state index in [1.54, 1.807) is 23.6 Å². The van der Waals surface area contributed by atoms with Gasteiger partial charge >= 0.3 is 5.97 Å². The Hall–Kier alpha value is -1.70. The molecule has 1 aliphatic rings. The average Bonchev–Trinajstić information content (AvgIpc) is 3.14. The van der Waals surface area contributed by atoms with Gasteiger partial charge in [0.1, 0.15) is 9.96 Å². The molecule has 1 aliphatic heterocycles. The number of carbonyl (C=O) groups is 1. The standard InChI is InChI=1S/C18H21NO4S2/c1-13-5-6-16(12-14(13)2)23-18(20)15-7-9-19(10-8-15)25(21,22)17-4-3-11-24-17/h3-6,11-12,15H,7-10H2,1-2H3. The van der Waals surface area contributed by atoms with Crippen molar-refractivity contribution in [1.82, 2.24) is 4.31 Å². The topological polar surface area (TPSA) is 63.7 Å². The molecule has 2 aromatic rings. The Morgan fingerprint density at radius 1 is 1.16 bits per heavy atom. The van der Waals surface area contributed by atoms with Crippen molar-refractivity contribution in [3.8, 4) is 5.75 Å². The van der Waals surface area contributed by atoms with Crippen LogP contribution in [0.1, 0.15) is 24.0 Å². The summed E-state index contributed by atoms with van der Waals surface area (Å²) in [6.07, 6.45) is 0.961.